The second-order valence-corrected chi connectivity index (χ2v) is 4.97. The lowest BCUT2D eigenvalue weighted by atomic mass is 9.78. The molecule has 2 fully saturated rings. The highest BCUT2D eigenvalue weighted by molar-refractivity contribution is 4.91. The molecule has 1 saturated carbocycles. The van der Waals surface area contributed by atoms with Crippen LogP contribution in [-0.2, 0) is 0 Å². The molecule has 1 aliphatic carbocycles. The van der Waals surface area contributed by atoms with Gasteiger partial charge in [0.15, 0.2) is 0 Å². The molecule has 2 aliphatic rings. The van der Waals surface area contributed by atoms with Crippen LogP contribution in [0.2, 0.25) is 0 Å². The lowest BCUT2D eigenvalue weighted by Crippen LogP contribution is -2.43. The smallest absolute Gasteiger partial charge is 0.116 e. The Bertz CT molecular complexity index is 167. The van der Waals surface area contributed by atoms with Crippen molar-refractivity contribution in [3.8, 4) is 0 Å². The SMILES string of the molecule is FC1(C2CCCCCC2)CCNCC1. The fraction of sp³-hybridized carbons (Fsp3) is 1.00. The molecule has 82 valence electrons. The Hall–Kier alpha value is -0.110. The first-order valence-corrected chi connectivity index (χ1v) is 6.21. The highest BCUT2D eigenvalue weighted by Gasteiger charge is 2.39. The standard InChI is InChI=1S/C12H22FN/c13-12(7-9-14-10-8-12)11-5-3-1-2-4-6-11/h11,14H,1-10H2. The maximum absolute atomic E-state index is 14.6. The maximum Gasteiger partial charge on any atom is 0.116 e. The second-order valence-electron chi connectivity index (χ2n) is 4.97. The normalized spacial score (nSPS) is 29.8. The molecule has 0 radical (unpaired) electrons. The third kappa shape index (κ3) is 2.28. The van der Waals surface area contributed by atoms with Gasteiger partial charge in [-0.05, 0) is 44.7 Å². The van der Waals surface area contributed by atoms with Gasteiger partial charge in [-0.2, -0.15) is 0 Å². The molecule has 0 aromatic rings. The van der Waals surface area contributed by atoms with Gasteiger partial charge in [0.25, 0.3) is 0 Å². The van der Waals surface area contributed by atoms with Gasteiger partial charge in [-0.3, -0.25) is 0 Å². The van der Waals surface area contributed by atoms with Crippen LogP contribution < -0.4 is 5.32 Å². The van der Waals surface area contributed by atoms with Crippen LogP contribution in [0.1, 0.15) is 51.4 Å². The summed E-state index contributed by atoms with van der Waals surface area (Å²) in [6.45, 7) is 1.76. The molecule has 0 aromatic heterocycles. The minimum absolute atomic E-state index is 0.368. The van der Waals surface area contributed by atoms with Gasteiger partial charge in [0.05, 0.1) is 0 Å². The van der Waals surface area contributed by atoms with E-state index in [1.54, 1.807) is 0 Å². The summed E-state index contributed by atoms with van der Waals surface area (Å²) in [4.78, 5) is 0. The van der Waals surface area contributed by atoms with E-state index in [1.165, 1.54) is 25.7 Å². The number of halogens is 1. The van der Waals surface area contributed by atoms with Crippen molar-refractivity contribution in [3.63, 3.8) is 0 Å². The van der Waals surface area contributed by atoms with Crippen LogP contribution in [0.3, 0.4) is 0 Å². The highest BCUT2D eigenvalue weighted by atomic mass is 19.1. The van der Waals surface area contributed by atoms with Gasteiger partial charge in [-0.25, -0.2) is 4.39 Å². The first kappa shape index (κ1) is 10.4. The summed E-state index contributed by atoms with van der Waals surface area (Å²) >= 11 is 0. The van der Waals surface area contributed by atoms with Crippen molar-refractivity contribution in [3.05, 3.63) is 0 Å². The predicted octanol–water partition coefficient (Wildman–Crippen LogP) is 3.05. The Balaban J connectivity index is 1.95. The van der Waals surface area contributed by atoms with Crippen LogP contribution >= 0.6 is 0 Å². The molecule has 2 rings (SSSR count). The zero-order chi connectivity index (χ0) is 9.86. The Morgan fingerprint density at radius 1 is 0.929 bits per heavy atom. The van der Waals surface area contributed by atoms with Crippen molar-refractivity contribution in [2.75, 3.05) is 13.1 Å². The van der Waals surface area contributed by atoms with Gasteiger partial charge >= 0.3 is 0 Å². The number of piperidine rings is 1. The van der Waals surface area contributed by atoms with Crippen molar-refractivity contribution in [2.45, 2.75) is 57.0 Å². The van der Waals surface area contributed by atoms with E-state index in [2.05, 4.69) is 5.32 Å². The largest absolute Gasteiger partial charge is 0.316 e. The van der Waals surface area contributed by atoms with Crippen LogP contribution in [0.15, 0.2) is 0 Å². The summed E-state index contributed by atoms with van der Waals surface area (Å²) in [6, 6.07) is 0. The molecule has 1 aliphatic heterocycles. The van der Waals surface area contributed by atoms with E-state index in [1.807, 2.05) is 0 Å². The molecular formula is C12H22FN. The zero-order valence-corrected chi connectivity index (χ0v) is 9.03. The minimum Gasteiger partial charge on any atom is -0.316 e. The van der Waals surface area contributed by atoms with Crippen molar-refractivity contribution in [1.29, 1.82) is 0 Å². The monoisotopic (exact) mass is 199 g/mol. The number of hydrogen-bond donors (Lipinski definition) is 1. The quantitative estimate of drug-likeness (QED) is 0.640. The summed E-state index contributed by atoms with van der Waals surface area (Å²) in [7, 11) is 0. The Morgan fingerprint density at radius 2 is 1.50 bits per heavy atom. The fourth-order valence-electron chi connectivity index (χ4n) is 3.05. The van der Waals surface area contributed by atoms with Crippen LogP contribution in [0.25, 0.3) is 0 Å². The Morgan fingerprint density at radius 3 is 2.07 bits per heavy atom. The molecule has 0 unspecified atom stereocenters. The van der Waals surface area contributed by atoms with E-state index in [9.17, 15) is 4.39 Å². The van der Waals surface area contributed by atoms with Gasteiger partial charge in [0.1, 0.15) is 5.67 Å². The molecule has 0 spiro atoms. The van der Waals surface area contributed by atoms with E-state index in [0.29, 0.717) is 5.92 Å². The molecule has 0 bridgehead atoms. The molecule has 1 heterocycles. The molecule has 1 saturated heterocycles. The predicted molar refractivity (Wildman–Crippen MR) is 57.1 cm³/mol. The molecule has 0 atom stereocenters. The van der Waals surface area contributed by atoms with Gasteiger partial charge in [0, 0.05) is 0 Å². The van der Waals surface area contributed by atoms with Gasteiger partial charge in [-0.15, -0.1) is 0 Å². The first-order chi connectivity index (χ1) is 6.81. The number of rotatable bonds is 1. The minimum atomic E-state index is -0.824. The van der Waals surface area contributed by atoms with Crippen molar-refractivity contribution in [2.24, 2.45) is 5.92 Å². The third-order valence-electron chi connectivity index (χ3n) is 4.02. The molecular weight excluding hydrogens is 177 g/mol. The third-order valence-corrected chi connectivity index (χ3v) is 4.02. The molecule has 0 aromatic carbocycles. The van der Waals surface area contributed by atoms with E-state index < -0.39 is 5.67 Å². The van der Waals surface area contributed by atoms with Gasteiger partial charge < -0.3 is 5.32 Å². The lowest BCUT2D eigenvalue weighted by Gasteiger charge is -2.37. The number of hydrogen-bond acceptors (Lipinski definition) is 1. The summed E-state index contributed by atoms with van der Waals surface area (Å²) in [5, 5.41) is 3.25. The van der Waals surface area contributed by atoms with Crippen LogP contribution in [-0.4, -0.2) is 18.8 Å². The molecule has 14 heavy (non-hydrogen) atoms. The first-order valence-electron chi connectivity index (χ1n) is 6.21. The Kier molecular flexibility index (Phi) is 3.42. The average molecular weight is 199 g/mol. The molecule has 1 nitrogen and oxygen atoms in total. The summed E-state index contributed by atoms with van der Waals surface area (Å²) in [5.41, 5.74) is -0.824. The molecule has 2 heteroatoms. The molecule has 0 amide bonds. The highest BCUT2D eigenvalue weighted by Crippen LogP contribution is 2.39. The van der Waals surface area contributed by atoms with Crippen LogP contribution in [0.4, 0.5) is 4.39 Å². The van der Waals surface area contributed by atoms with E-state index in [-0.39, 0.29) is 0 Å². The zero-order valence-electron chi connectivity index (χ0n) is 9.03. The Labute approximate surface area is 86.5 Å². The molecule has 1 N–H and O–H groups in total. The topological polar surface area (TPSA) is 12.0 Å². The average Bonchev–Trinajstić information content (AvgIpc) is 2.47. The number of nitrogens with one attached hydrogen (secondary N) is 1. The van der Waals surface area contributed by atoms with E-state index >= 15 is 0 Å². The van der Waals surface area contributed by atoms with Crippen LogP contribution in [0, 0.1) is 5.92 Å². The van der Waals surface area contributed by atoms with Crippen molar-refractivity contribution < 1.29 is 4.39 Å². The van der Waals surface area contributed by atoms with E-state index in [0.717, 1.165) is 38.8 Å². The summed E-state index contributed by atoms with van der Waals surface area (Å²) in [5.74, 6) is 0.368. The lowest BCUT2D eigenvalue weighted by molar-refractivity contribution is 0.0371. The maximum atomic E-state index is 14.6. The summed E-state index contributed by atoms with van der Waals surface area (Å²) in [6.07, 6.45) is 8.92. The van der Waals surface area contributed by atoms with Gasteiger partial charge in [-0.1, -0.05) is 25.7 Å². The fourth-order valence-corrected chi connectivity index (χ4v) is 3.05. The van der Waals surface area contributed by atoms with E-state index in [4.69, 9.17) is 0 Å². The van der Waals surface area contributed by atoms with Crippen molar-refractivity contribution >= 4 is 0 Å². The van der Waals surface area contributed by atoms with Crippen LogP contribution in [0.5, 0.6) is 0 Å². The summed E-state index contributed by atoms with van der Waals surface area (Å²) < 4.78 is 14.6. The van der Waals surface area contributed by atoms with Crippen molar-refractivity contribution in [1.82, 2.24) is 5.32 Å². The number of alkyl halides is 1. The second kappa shape index (κ2) is 4.61. The van der Waals surface area contributed by atoms with Gasteiger partial charge in [0.2, 0.25) is 0 Å².